The van der Waals surface area contributed by atoms with Crippen LogP contribution in [0, 0.1) is 52.6 Å². The summed E-state index contributed by atoms with van der Waals surface area (Å²) >= 11 is 22.7. The molecule has 0 aliphatic carbocycles. The second-order valence-corrected chi connectivity index (χ2v) is 36.8. The van der Waals surface area contributed by atoms with E-state index < -0.39 is 69.1 Å². The molecule has 6 aliphatic heterocycles. The highest BCUT2D eigenvalue weighted by molar-refractivity contribution is 9.10. The van der Waals surface area contributed by atoms with Gasteiger partial charge in [-0.1, -0.05) is 114 Å². The minimum absolute atomic E-state index is 0.0751. The number of aliphatic hydroxyl groups is 3. The summed E-state index contributed by atoms with van der Waals surface area (Å²) in [7, 11) is 10.2. The molecule has 6 aromatic rings. The van der Waals surface area contributed by atoms with Gasteiger partial charge in [-0.25, -0.2) is 8.78 Å². The van der Waals surface area contributed by atoms with Gasteiger partial charge in [-0.15, -0.1) is 0 Å². The number of rotatable bonds is 18. The molecule has 0 saturated carbocycles. The van der Waals surface area contributed by atoms with Gasteiger partial charge in [-0.2, -0.15) is 26.3 Å². The fourth-order valence-corrected chi connectivity index (χ4v) is 18.9. The molecule has 6 aromatic carbocycles. The molecule has 0 spiro atoms. The lowest BCUT2D eigenvalue weighted by Crippen LogP contribution is -2.57. The quantitative estimate of drug-likeness (QED) is 0.0691. The Kier molecular flexibility index (Phi) is 31.3. The Labute approximate surface area is 722 Å². The van der Waals surface area contributed by atoms with Crippen molar-refractivity contribution in [3.8, 4) is 0 Å². The topological polar surface area (TPSA) is 192 Å². The molecule has 0 aromatic heterocycles. The number of anilines is 3. The summed E-state index contributed by atoms with van der Waals surface area (Å²) in [6, 6.07) is 31.6. The first-order valence-electron chi connectivity index (χ1n) is 41.2. The number of benzene rings is 6. The molecule has 30 heteroatoms. The molecule has 120 heavy (non-hydrogen) atoms. The van der Waals surface area contributed by atoms with E-state index in [2.05, 4.69) is 30.6 Å². The summed E-state index contributed by atoms with van der Waals surface area (Å²) in [6.45, 7) is 12.8. The van der Waals surface area contributed by atoms with Crippen LogP contribution in [0.4, 0.5) is 52.2 Å². The Balaban J connectivity index is 0.000000189. The number of hydrogen-bond acceptors (Lipinski definition) is 12. The standard InChI is InChI=1S/C32H43BrClN3O3.2C29H34ClF4N3O3/c1-31(2,3)32(40,24-7-6-8-25(33)20-24)30(39)37-17-13-23(14-18-37)19-22-11-15-36(16-12-22)26-9-10-27(28(34)21-26)29(38)35(4)5;1-35(2)26(38)24-7-6-23(18-25(24)30)36-12-8-19(9-13-36)16-20-10-14-37(15-11-20)27(39)28(40,29(32,33)34)21-4-3-5-22(31)17-21;1-35(2)26(38)22-8-7-21(18-24(22)30)36-13-9-19(10-14-36)17-20-11-15-37(16-12-20)27(39)28(40,29(32,33)34)23-5-3-4-6-25(23)31/h6-10,20-23,40H,11-19H2,1-5H3;3-7,17-20,40H,8-16H2,1-2H3;3-8,18-20,40H,9-17H2,1-2H3/t32-;2*28-/m111/s1. The highest BCUT2D eigenvalue weighted by atomic mass is 79.9. The maximum absolute atomic E-state index is 14.2. The lowest BCUT2D eigenvalue weighted by Gasteiger charge is -2.44. The van der Waals surface area contributed by atoms with Crippen molar-refractivity contribution < 1.29 is 79.2 Å². The van der Waals surface area contributed by atoms with Crippen molar-refractivity contribution in [2.24, 2.45) is 40.9 Å². The summed E-state index contributed by atoms with van der Waals surface area (Å²) in [5.41, 5.74) is -6.80. The molecule has 6 aliphatic rings. The normalized spacial score (nSPS) is 18.9. The first-order valence-corrected chi connectivity index (χ1v) is 43.1. The maximum atomic E-state index is 14.2. The van der Waals surface area contributed by atoms with Crippen LogP contribution in [0.1, 0.15) is 165 Å². The summed E-state index contributed by atoms with van der Waals surface area (Å²) in [5.74, 6) is -3.15. The molecule has 654 valence electrons. The third-order valence-electron chi connectivity index (χ3n) is 25.0. The fourth-order valence-electron chi connectivity index (χ4n) is 17.7. The molecular weight excluding hydrogens is 1690 g/mol. The Morgan fingerprint density at radius 2 is 0.675 bits per heavy atom. The van der Waals surface area contributed by atoms with Gasteiger partial charge in [0.15, 0.2) is 5.60 Å². The minimum atomic E-state index is -5.37. The fraction of sp³-hybridized carbons (Fsp3) is 0.533. The van der Waals surface area contributed by atoms with Gasteiger partial charge in [-0.3, -0.25) is 28.8 Å². The van der Waals surface area contributed by atoms with Gasteiger partial charge in [0.2, 0.25) is 0 Å². The van der Waals surface area contributed by atoms with Crippen LogP contribution in [0.15, 0.2) is 132 Å². The first kappa shape index (κ1) is 94.5. The molecule has 3 atom stereocenters. The summed E-state index contributed by atoms with van der Waals surface area (Å²) in [5, 5.41) is 34.3. The van der Waals surface area contributed by atoms with Crippen molar-refractivity contribution in [2.45, 2.75) is 146 Å². The van der Waals surface area contributed by atoms with E-state index in [1.807, 2.05) is 92.4 Å². The van der Waals surface area contributed by atoms with Crippen molar-refractivity contribution in [3.05, 3.63) is 192 Å². The molecule has 6 heterocycles. The van der Waals surface area contributed by atoms with E-state index in [1.165, 1.54) is 22.3 Å². The molecule has 0 bridgehead atoms. The maximum Gasteiger partial charge on any atom is 0.430 e. The monoisotopic (exact) mass is 1800 g/mol. The SMILES string of the molecule is CN(C)C(=O)c1ccc(N2CCC(CC3CCN(C(=O)[C@](O)(c4cccc(Br)c4)C(C)(C)C)CC3)CC2)cc1Cl.CN(C)C(=O)c1ccc(N2CCC(CC3CCN(C(=O)[C@](O)(c4cccc(F)c4)C(F)(F)F)CC3)CC2)cc1Cl.CN(C)C(=O)c1ccc(N2CCC(CC3CCN(C(=O)[C@](O)(c4ccccc4F)C(F)(F)F)CC3)CC2)cc1Cl. The zero-order valence-corrected chi connectivity index (χ0v) is 73.4. The summed E-state index contributed by atoms with van der Waals surface area (Å²) in [4.78, 5) is 91.7. The van der Waals surface area contributed by atoms with Crippen LogP contribution in [0.5, 0.6) is 0 Å². The Morgan fingerprint density at radius 1 is 0.383 bits per heavy atom. The van der Waals surface area contributed by atoms with Crippen molar-refractivity contribution in [3.63, 3.8) is 0 Å². The van der Waals surface area contributed by atoms with E-state index in [9.17, 15) is 79.2 Å². The highest BCUT2D eigenvalue weighted by Crippen LogP contribution is 2.47. The molecule has 0 radical (unpaired) electrons. The predicted molar refractivity (Wildman–Crippen MR) is 455 cm³/mol. The molecule has 18 nitrogen and oxygen atoms in total. The van der Waals surface area contributed by atoms with Crippen LogP contribution in [0.2, 0.25) is 15.1 Å². The van der Waals surface area contributed by atoms with Crippen molar-refractivity contribution >= 4 is 103 Å². The van der Waals surface area contributed by atoms with E-state index in [1.54, 1.807) is 59.3 Å². The molecule has 3 N–H and O–H groups in total. The average Bonchev–Trinajstić information content (AvgIpc) is 0.761. The number of carbonyl (C=O) groups excluding carboxylic acids is 6. The largest absolute Gasteiger partial charge is 0.430 e. The average molecular weight is 1800 g/mol. The predicted octanol–water partition coefficient (Wildman–Crippen LogP) is 17.5. The minimum Gasteiger partial charge on any atom is -0.375 e. The molecular formula is C90H111BrCl3F8N9O9. The molecule has 0 unspecified atom stereocenters. The lowest BCUT2D eigenvalue weighted by atomic mass is 9.71. The van der Waals surface area contributed by atoms with Crippen molar-refractivity contribution in [1.82, 2.24) is 29.4 Å². The van der Waals surface area contributed by atoms with E-state index in [-0.39, 0.29) is 61.6 Å². The molecule has 6 amide bonds. The van der Waals surface area contributed by atoms with Gasteiger partial charge < -0.3 is 59.4 Å². The van der Waals surface area contributed by atoms with E-state index in [4.69, 9.17) is 34.8 Å². The third-order valence-corrected chi connectivity index (χ3v) is 26.4. The number of halogens is 12. The van der Waals surface area contributed by atoms with E-state index in [0.29, 0.717) is 106 Å². The second-order valence-electron chi connectivity index (χ2n) is 34.7. The number of amides is 6. The van der Waals surface area contributed by atoms with Crippen molar-refractivity contribution in [1.29, 1.82) is 0 Å². The number of alkyl halides is 6. The van der Waals surface area contributed by atoms with E-state index >= 15 is 0 Å². The van der Waals surface area contributed by atoms with Crippen LogP contribution in [-0.2, 0) is 31.2 Å². The van der Waals surface area contributed by atoms with Gasteiger partial charge in [0.05, 0.1) is 31.8 Å². The number of carbonyl (C=O) groups is 6. The summed E-state index contributed by atoms with van der Waals surface area (Å²) < 4.78 is 112. The van der Waals surface area contributed by atoms with Crippen LogP contribution >= 0.6 is 50.7 Å². The zero-order chi connectivity index (χ0) is 87.7. The van der Waals surface area contributed by atoms with Gasteiger partial charge in [0.1, 0.15) is 11.6 Å². The van der Waals surface area contributed by atoms with Crippen LogP contribution in [0.25, 0.3) is 0 Å². The number of likely N-dealkylation sites (tertiary alicyclic amines) is 3. The smallest absolute Gasteiger partial charge is 0.375 e. The van der Waals surface area contributed by atoms with E-state index in [0.717, 1.165) is 171 Å². The highest BCUT2D eigenvalue weighted by Gasteiger charge is 2.64. The summed E-state index contributed by atoms with van der Waals surface area (Å²) in [6.07, 6.45) is 2.44. The molecule has 12 rings (SSSR count). The van der Waals surface area contributed by atoms with Gasteiger partial charge >= 0.3 is 12.4 Å². The Bertz CT molecular complexity index is 4380. The Hall–Kier alpha value is -7.79. The third kappa shape index (κ3) is 21.9. The number of hydrogen-bond donors (Lipinski definition) is 3. The van der Waals surface area contributed by atoms with Gasteiger partial charge in [-0.05, 0) is 222 Å². The second kappa shape index (κ2) is 39.8. The van der Waals surface area contributed by atoms with Crippen molar-refractivity contribution in [2.75, 3.05) is 136 Å². The Morgan fingerprint density at radius 3 is 0.958 bits per heavy atom. The van der Waals surface area contributed by atoms with Crippen LogP contribution in [0.3, 0.4) is 0 Å². The molecule has 6 fully saturated rings. The number of nitrogens with zero attached hydrogens (tertiary/aromatic N) is 9. The zero-order valence-electron chi connectivity index (χ0n) is 69.5. The van der Waals surface area contributed by atoms with Gasteiger partial charge in [0, 0.05) is 159 Å². The van der Waals surface area contributed by atoms with Gasteiger partial charge in [0.25, 0.3) is 46.6 Å². The number of piperidine rings is 6. The van der Waals surface area contributed by atoms with Crippen LogP contribution in [-0.4, -0.2) is 213 Å². The lowest BCUT2D eigenvalue weighted by molar-refractivity contribution is -0.263. The molecule has 6 saturated heterocycles. The first-order chi connectivity index (χ1) is 56.4. The van der Waals surface area contributed by atoms with Crippen LogP contribution < -0.4 is 14.7 Å².